The SMILES string of the molecule is COc1ncc(C)cc1CC[C@](O)(CC(=O)O)C(=O)O. The van der Waals surface area contributed by atoms with Gasteiger partial charge < -0.3 is 20.1 Å². The zero-order valence-electron chi connectivity index (χ0n) is 11.3. The molecule has 1 aromatic heterocycles. The van der Waals surface area contributed by atoms with Gasteiger partial charge in [-0.05, 0) is 31.4 Å². The lowest BCUT2D eigenvalue weighted by molar-refractivity contribution is -0.166. The first-order valence-corrected chi connectivity index (χ1v) is 5.95. The fourth-order valence-corrected chi connectivity index (χ4v) is 1.84. The maximum atomic E-state index is 11.0. The van der Waals surface area contributed by atoms with Crippen LogP contribution in [0, 0.1) is 6.92 Å². The van der Waals surface area contributed by atoms with Crippen LogP contribution in [0.1, 0.15) is 24.0 Å². The molecular weight excluding hydrogens is 266 g/mol. The standard InChI is InChI=1S/C13H17NO6/c1-8-5-9(11(20-2)14-7-8)3-4-13(19,12(17)18)6-10(15)16/h5,7,19H,3-4,6H2,1-2H3,(H,15,16)(H,17,18)/t13-/m0/s1. The maximum absolute atomic E-state index is 11.0. The maximum Gasteiger partial charge on any atom is 0.336 e. The van der Waals surface area contributed by atoms with Crippen molar-refractivity contribution in [3.8, 4) is 5.88 Å². The third-order valence-corrected chi connectivity index (χ3v) is 2.91. The minimum Gasteiger partial charge on any atom is -0.481 e. The Morgan fingerprint density at radius 3 is 2.55 bits per heavy atom. The Morgan fingerprint density at radius 2 is 2.05 bits per heavy atom. The van der Waals surface area contributed by atoms with Gasteiger partial charge in [-0.2, -0.15) is 0 Å². The van der Waals surface area contributed by atoms with Crippen LogP contribution in [0.15, 0.2) is 12.3 Å². The summed E-state index contributed by atoms with van der Waals surface area (Å²) in [5.41, 5.74) is -0.823. The van der Waals surface area contributed by atoms with Gasteiger partial charge in [0.05, 0.1) is 13.5 Å². The van der Waals surface area contributed by atoms with E-state index in [-0.39, 0.29) is 12.8 Å². The highest BCUT2D eigenvalue weighted by Gasteiger charge is 2.38. The lowest BCUT2D eigenvalue weighted by atomic mass is 9.92. The van der Waals surface area contributed by atoms with Crippen molar-refractivity contribution in [3.63, 3.8) is 0 Å². The van der Waals surface area contributed by atoms with Crippen molar-refractivity contribution in [1.82, 2.24) is 4.98 Å². The largest absolute Gasteiger partial charge is 0.481 e. The van der Waals surface area contributed by atoms with Crippen LogP contribution in [-0.4, -0.2) is 45.0 Å². The fourth-order valence-electron chi connectivity index (χ4n) is 1.84. The van der Waals surface area contributed by atoms with Gasteiger partial charge in [-0.25, -0.2) is 9.78 Å². The Hall–Kier alpha value is -2.15. The number of aromatic nitrogens is 1. The summed E-state index contributed by atoms with van der Waals surface area (Å²) in [6.07, 6.45) is 0.650. The van der Waals surface area contributed by atoms with E-state index in [1.807, 2.05) is 6.92 Å². The second-order valence-electron chi connectivity index (χ2n) is 4.59. The summed E-state index contributed by atoms with van der Waals surface area (Å²) in [5, 5.41) is 27.6. The van der Waals surface area contributed by atoms with Crippen molar-refractivity contribution in [2.24, 2.45) is 0 Å². The Balaban J connectivity index is 2.90. The molecule has 1 rings (SSSR count). The molecule has 0 amide bonds. The number of aryl methyl sites for hydroxylation is 2. The summed E-state index contributed by atoms with van der Waals surface area (Å²) in [6, 6.07) is 1.76. The highest BCUT2D eigenvalue weighted by molar-refractivity contribution is 5.83. The second-order valence-corrected chi connectivity index (χ2v) is 4.59. The molecule has 0 aliphatic heterocycles. The zero-order chi connectivity index (χ0) is 15.3. The van der Waals surface area contributed by atoms with Gasteiger partial charge in [-0.15, -0.1) is 0 Å². The number of rotatable bonds is 7. The molecule has 0 saturated heterocycles. The molecule has 110 valence electrons. The van der Waals surface area contributed by atoms with Crippen LogP contribution in [0.3, 0.4) is 0 Å². The van der Waals surface area contributed by atoms with Crippen LogP contribution in [0.4, 0.5) is 0 Å². The van der Waals surface area contributed by atoms with Crippen molar-refractivity contribution >= 4 is 11.9 Å². The molecule has 0 spiro atoms. The van der Waals surface area contributed by atoms with Crippen molar-refractivity contribution in [3.05, 3.63) is 23.4 Å². The summed E-state index contributed by atoms with van der Waals surface area (Å²) in [7, 11) is 1.43. The summed E-state index contributed by atoms with van der Waals surface area (Å²) in [4.78, 5) is 25.7. The number of methoxy groups -OCH3 is 1. The zero-order valence-corrected chi connectivity index (χ0v) is 11.3. The number of hydrogen-bond donors (Lipinski definition) is 3. The minimum absolute atomic E-state index is 0.147. The second kappa shape index (κ2) is 6.33. The number of nitrogens with zero attached hydrogens (tertiary/aromatic N) is 1. The van der Waals surface area contributed by atoms with E-state index in [1.165, 1.54) is 7.11 Å². The summed E-state index contributed by atoms with van der Waals surface area (Å²) in [6.45, 7) is 1.82. The van der Waals surface area contributed by atoms with Crippen molar-refractivity contribution < 1.29 is 29.6 Å². The van der Waals surface area contributed by atoms with E-state index in [4.69, 9.17) is 14.9 Å². The Morgan fingerprint density at radius 1 is 1.40 bits per heavy atom. The quantitative estimate of drug-likeness (QED) is 0.671. The van der Waals surface area contributed by atoms with E-state index in [0.717, 1.165) is 5.56 Å². The van der Waals surface area contributed by atoms with Crippen molar-refractivity contribution in [2.45, 2.75) is 31.8 Å². The number of carboxylic acids is 2. The fraction of sp³-hybridized carbons (Fsp3) is 0.462. The molecule has 3 N–H and O–H groups in total. The third-order valence-electron chi connectivity index (χ3n) is 2.91. The predicted molar refractivity (Wildman–Crippen MR) is 68.7 cm³/mol. The average molecular weight is 283 g/mol. The van der Waals surface area contributed by atoms with E-state index in [1.54, 1.807) is 12.3 Å². The first kappa shape index (κ1) is 15.9. The molecule has 0 radical (unpaired) electrons. The smallest absolute Gasteiger partial charge is 0.336 e. The average Bonchev–Trinajstić information content (AvgIpc) is 2.35. The first-order chi connectivity index (χ1) is 9.28. The minimum atomic E-state index is -2.30. The van der Waals surface area contributed by atoms with Crippen LogP contribution in [0.2, 0.25) is 0 Å². The molecule has 7 heteroatoms. The number of pyridine rings is 1. The third kappa shape index (κ3) is 3.92. The number of hydrogen-bond acceptors (Lipinski definition) is 5. The normalized spacial score (nSPS) is 13.6. The van der Waals surface area contributed by atoms with Crippen molar-refractivity contribution in [2.75, 3.05) is 7.11 Å². The molecule has 0 fully saturated rings. The molecule has 0 saturated carbocycles. The van der Waals surface area contributed by atoms with Gasteiger partial charge in [0.15, 0.2) is 5.60 Å². The first-order valence-electron chi connectivity index (χ1n) is 5.95. The van der Waals surface area contributed by atoms with Gasteiger partial charge in [-0.3, -0.25) is 4.79 Å². The lowest BCUT2D eigenvalue weighted by Crippen LogP contribution is -2.41. The lowest BCUT2D eigenvalue weighted by Gasteiger charge is -2.21. The van der Waals surface area contributed by atoms with Crippen LogP contribution in [-0.2, 0) is 16.0 Å². The molecule has 0 unspecified atom stereocenters. The van der Waals surface area contributed by atoms with Crippen molar-refractivity contribution in [1.29, 1.82) is 0 Å². The molecular formula is C13H17NO6. The highest BCUT2D eigenvalue weighted by atomic mass is 16.5. The van der Waals surface area contributed by atoms with Gasteiger partial charge >= 0.3 is 11.9 Å². The monoisotopic (exact) mass is 283 g/mol. The Kier molecular flexibility index (Phi) is 5.04. The van der Waals surface area contributed by atoms with Gasteiger partial charge in [0.2, 0.25) is 5.88 Å². The molecule has 0 bridgehead atoms. The highest BCUT2D eigenvalue weighted by Crippen LogP contribution is 2.23. The van der Waals surface area contributed by atoms with Crippen LogP contribution in [0.25, 0.3) is 0 Å². The van der Waals surface area contributed by atoms with E-state index >= 15 is 0 Å². The number of carboxylic acid groups (broad SMARTS) is 2. The van der Waals surface area contributed by atoms with Gasteiger partial charge in [0.25, 0.3) is 0 Å². The molecule has 7 nitrogen and oxygen atoms in total. The van der Waals surface area contributed by atoms with Gasteiger partial charge in [0, 0.05) is 11.8 Å². The molecule has 0 aliphatic rings. The molecule has 1 heterocycles. The number of carbonyl (C=O) groups is 2. The number of ether oxygens (including phenoxy) is 1. The molecule has 20 heavy (non-hydrogen) atoms. The molecule has 0 aromatic carbocycles. The Bertz CT molecular complexity index is 516. The van der Waals surface area contributed by atoms with E-state index in [9.17, 15) is 14.7 Å². The van der Waals surface area contributed by atoms with E-state index in [0.29, 0.717) is 11.4 Å². The Labute approximate surface area is 115 Å². The molecule has 1 atom stereocenters. The summed E-state index contributed by atoms with van der Waals surface area (Å²) >= 11 is 0. The van der Waals surface area contributed by atoms with Gasteiger partial charge in [0.1, 0.15) is 0 Å². The van der Waals surface area contributed by atoms with Gasteiger partial charge in [-0.1, -0.05) is 0 Å². The molecule has 0 aliphatic carbocycles. The van der Waals surface area contributed by atoms with Crippen LogP contribution < -0.4 is 4.74 Å². The van der Waals surface area contributed by atoms with Crippen LogP contribution in [0.5, 0.6) is 5.88 Å². The van der Waals surface area contributed by atoms with E-state index < -0.39 is 24.0 Å². The van der Waals surface area contributed by atoms with Crippen LogP contribution >= 0.6 is 0 Å². The number of aliphatic hydroxyl groups is 1. The number of aliphatic carboxylic acids is 2. The van der Waals surface area contributed by atoms with E-state index in [2.05, 4.69) is 4.98 Å². The summed E-state index contributed by atoms with van der Waals surface area (Å²) < 4.78 is 5.05. The topological polar surface area (TPSA) is 117 Å². The summed E-state index contributed by atoms with van der Waals surface area (Å²) in [5.74, 6) is -2.60. The molecule has 1 aromatic rings. The predicted octanol–water partition coefficient (Wildman–Crippen LogP) is 0.622.